The number of carbonyl (C=O) groups is 1. The molecule has 1 fully saturated rings. The molecular weight excluding hydrogens is 270 g/mol. The van der Waals surface area contributed by atoms with Crippen LogP contribution in [-0.2, 0) is 0 Å². The van der Waals surface area contributed by atoms with Crippen molar-refractivity contribution in [3.05, 3.63) is 42.5 Å². The Hall–Kier alpha value is -2.25. The number of pyridine rings is 1. The molecule has 1 saturated heterocycles. The molecule has 0 spiro atoms. The van der Waals surface area contributed by atoms with Crippen molar-refractivity contribution >= 4 is 5.91 Å². The number of nitrogens with one attached hydrogen (secondary N) is 1. The van der Waals surface area contributed by atoms with Crippen molar-refractivity contribution in [1.29, 1.82) is 0 Å². The van der Waals surface area contributed by atoms with Crippen LogP contribution in [-0.4, -0.2) is 63.0 Å². The van der Waals surface area contributed by atoms with E-state index in [1.54, 1.807) is 34.4 Å². The fourth-order valence-corrected chi connectivity index (χ4v) is 2.42. The Morgan fingerprint density at radius 1 is 1.48 bits per heavy atom. The number of aliphatic hydroxyl groups excluding tert-OH is 1. The van der Waals surface area contributed by atoms with E-state index in [0.29, 0.717) is 18.7 Å². The van der Waals surface area contributed by atoms with Crippen molar-refractivity contribution in [3.8, 4) is 5.69 Å². The Kier molecular flexibility index (Phi) is 3.94. The van der Waals surface area contributed by atoms with Crippen LogP contribution in [0.4, 0.5) is 0 Å². The topological polar surface area (TPSA) is 83.3 Å². The summed E-state index contributed by atoms with van der Waals surface area (Å²) in [7, 11) is 0. The van der Waals surface area contributed by atoms with Crippen LogP contribution < -0.4 is 5.32 Å². The van der Waals surface area contributed by atoms with E-state index < -0.39 is 0 Å². The molecule has 7 heteroatoms. The molecule has 0 saturated carbocycles. The van der Waals surface area contributed by atoms with Gasteiger partial charge in [-0.05, 0) is 12.1 Å². The fourth-order valence-electron chi connectivity index (χ4n) is 2.42. The van der Waals surface area contributed by atoms with Crippen molar-refractivity contribution in [3.63, 3.8) is 0 Å². The zero-order valence-corrected chi connectivity index (χ0v) is 11.5. The van der Waals surface area contributed by atoms with E-state index in [4.69, 9.17) is 0 Å². The third-order valence-corrected chi connectivity index (χ3v) is 3.56. The highest BCUT2D eigenvalue weighted by molar-refractivity contribution is 5.94. The number of hydrogen-bond donors (Lipinski definition) is 2. The van der Waals surface area contributed by atoms with Crippen LogP contribution in [0.25, 0.3) is 5.69 Å². The van der Waals surface area contributed by atoms with E-state index in [9.17, 15) is 9.90 Å². The van der Waals surface area contributed by atoms with Crippen LogP contribution in [0.1, 0.15) is 10.4 Å². The Labute approximate surface area is 122 Å². The summed E-state index contributed by atoms with van der Waals surface area (Å²) in [4.78, 5) is 18.3. The summed E-state index contributed by atoms with van der Waals surface area (Å²) in [5.74, 6) is -0.106. The molecule has 2 N–H and O–H groups in total. The number of aliphatic hydroxyl groups is 1. The lowest BCUT2D eigenvalue weighted by Crippen LogP contribution is -2.55. The molecule has 2 aromatic rings. The molecule has 1 atom stereocenters. The molecule has 1 aliphatic rings. The average molecular weight is 287 g/mol. The van der Waals surface area contributed by atoms with E-state index >= 15 is 0 Å². The van der Waals surface area contributed by atoms with Gasteiger partial charge in [0.05, 0.1) is 36.3 Å². The highest BCUT2D eigenvalue weighted by Crippen LogP contribution is 2.12. The number of nitrogens with zero attached hydrogens (tertiary/aromatic N) is 4. The SMILES string of the molecule is O=C(c1cnn(-c2cccnc2)c1)N1CCNCC1CO. The first kappa shape index (κ1) is 13.7. The molecular formula is C14H17N5O2. The van der Waals surface area contributed by atoms with Crippen molar-refractivity contribution in [2.24, 2.45) is 0 Å². The number of carbonyl (C=O) groups excluding carboxylic acids is 1. The molecule has 0 radical (unpaired) electrons. The zero-order chi connectivity index (χ0) is 14.7. The Morgan fingerprint density at radius 3 is 3.14 bits per heavy atom. The maximum absolute atomic E-state index is 12.5. The van der Waals surface area contributed by atoms with E-state index in [2.05, 4.69) is 15.4 Å². The van der Waals surface area contributed by atoms with Crippen molar-refractivity contribution in [2.45, 2.75) is 6.04 Å². The van der Waals surface area contributed by atoms with Crippen LogP contribution in [0.3, 0.4) is 0 Å². The van der Waals surface area contributed by atoms with Gasteiger partial charge in [-0.1, -0.05) is 0 Å². The predicted molar refractivity (Wildman–Crippen MR) is 76.1 cm³/mol. The summed E-state index contributed by atoms with van der Waals surface area (Å²) in [6.45, 7) is 1.88. The Balaban J connectivity index is 1.81. The van der Waals surface area contributed by atoms with Gasteiger partial charge >= 0.3 is 0 Å². The second kappa shape index (κ2) is 6.02. The first-order chi connectivity index (χ1) is 10.3. The summed E-state index contributed by atoms with van der Waals surface area (Å²) in [6.07, 6.45) is 6.61. The normalized spacial score (nSPS) is 18.7. The molecule has 3 rings (SSSR count). The lowest BCUT2D eigenvalue weighted by molar-refractivity contribution is 0.0536. The van der Waals surface area contributed by atoms with Crippen LogP contribution in [0, 0.1) is 0 Å². The summed E-state index contributed by atoms with van der Waals surface area (Å²) in [6, 6.07) is 3.50. The van der Waals surface area contributed by atoms with Gasteiger partial charge in [0, 0.05) is 32.0 Å². The maximum Gasteiger partial charge on any atom is 0.257 e. The van der Waals surface area contributed by atoms with Gasteiger partial charge in [0.25, 0.3) is 5.91 Å². The number of amides is 1. The average Bonchev–Trinajstić information content (AvgIpc) is 3.05. The smallest absolute Gasteiger partial charge is 0.257 e. The predicted octanol–water partition coefficient (Wildman–Crippen LogP) is -0.326. The van der Waals surface area contributed by atoms with Gasteiger partial charge in [0.15, 0.2) is 0 Å². The molecule has 0 aliphatic carbocycles. The Bertz CT molecular complexity index is 613. The van der Waals surface area contributed by atoms with Gasteiger partial charge in [-0.15, -0.1) is 0 Å². The molecule has 1 unspecified atom stereocenters. The zero-order valence-electron chi connectivity index (χ0n) is 11.5. The van der Waals surface area contributed by atoms with Crippen molar-refractivity contribution in [1.82, 2.24) is 25.0 Å². The lowest BCUT2D eigenvalue weighted by atomic mass is 10.1. The van der Waals surface area contributed by atoms with E-state index in [0.717, 1.165) is 12.2 Å². The van der Waals surface area contributed by atoms with Crippen LogP contribution in [0.5, 0.6) is 0 Å². The van der Waals surface area contributed by atoms with Gasteiger partial charge in [0.2, 0.25) is 0 Å². The first-order valence-electron chi connectivity index (χ1n) is 6.87. The summed E-state index contributed by atoms with van der Waals surface area (Å²) >= 11 is 0. The summed E-state index contributed by atoms with van der Waals surface area (Å²) < 4.78 is 1.62. The number of rotatable bonds is 3. The van der Waals surface area contributed by atoms with Crippen LogP contribution >= 0.6 is 0 Å². The van der Waals surface area contributed by atoms with Crippen LogP contribution in [0.2, 0.25) is 0 Å². The molecule has 1 amide bonds. The van der Waals surface area contributed by atoms with Gasteiger partial charge in [0.1, 0.15) is 0 Å². The van der Waals surface area contributed by atoms with Gasteiger partial charge in [-0.25, -0.2) is 4.68 Å². The van der Waals surface area contributed by atoms with Gasteiger partial charge < -0.3 is 15.3 Å². The molecule has 7 nitrogen and oxygen atoms in total. The van der Waals surface area contributed by atoms with Crippen LogP contribution in [0.15, 0.2) is 36.9 Å². The van der Waals surface area contributed by atoms with E-state index in [1.165, 1.54) is 0 Å². The highest BCUT2D eigenvalue weighted by atomic mass is 16.3. The number of aromatic nitrogens is 3. The molecule has 0 bridgehead atoms. The second-order valence-electron chi connectivity index (χ2n) is 4.92. The van der Waals surface area contributed by atoms with E-state index in [-0.39, 0.29) is 18.6 Å². The highest BCUT2D eigenvalue weighted by Gasteiger charge is 2.27. The standard InChI is InChI=1S/C14H17N5O2/c20-10-13-8-16-4-5-18(13)14(21)11-6-17-19(9-11)12-2-1-3-15-7-12/h1-3,6-7,9,13,16,20H,4-5,8,10H2. The molecule has 0 aromatic carbocycles. The number of hydrogen-bond acceptors (Lipinski definition) is 5. The molecule has 21 heavy (non-hydrogen) atoms. The minimum Gasteiger partial charge on any atom is -0.394 e. The van der Waals surface area contributed by atoms with Crippen molar-refractivity contribution in [2.75, 3.05) is 26.2 Å². The molecule has 1 aliphatic heterocycles. The third kappa shape index (κ3) is 2.79. The monoisotopic (exact) mass is 287 g/mol. The third-order valence-electron chi connectivity index (χ3n) is 3.56. The van der Waals surface area contributed by atoms with Gasteiger partial charge in [-0.3, -0.25) is 9.78 Å². The maximum atomic E-state index is 12.5. The van der Waals surface area contributed by atoms with Crippen molar-refractivity contribution < 1.29 is 9.90 Å². The summed E-state index contributed by atoms with van der Waals surface area (Å²) in [5, 5.41) is 16.8. The molecule has 3 heterocycles. The fraction of sp³-hybridized carbons (Fsp3) is 0.357. The summed E-state index contributed by atoms with van der Waals surface area (Å²) in [5.41, 5.74) is 1.31. The Morgan fingerprint density at radius 2 is 2.38 bits per heavy atom. The largest absolute Gasteiger partial charge is 0.394 e. The quantitative estimate of drug-likeness (QED) is 0.808. The second-order valence-corrected chi connectivity index (χ2v) is 4.92. The van der Waals surface area contributed by atoms with Gasteiger partial charge in [-0.2, -0.15) is 5.10 Å². The number of piperazine rings is 1. The van der Waals surface area contributed by atoms with E-state index in [1.807, 2.05) is 12.1 Å². The molecule has 110 valence electrons. The minimum atomic E-state index is -0.187. The molecule has 2 aromatic heterocycles. The first-order valence-corrected chi connectivity index (χ1v) is 6.87. The lowest BCUT2D eigenvalue weighted by Gasteiger charge is -2.34. The minimum absolute atomic E-state index is 0.0461.